The van der Waals surface area contributed by atoms with Crippen LogP contribution in [0.4, 0.5) is 5.69 Å². The van der Waals surface area contributed by atoms with Crippen molar-refractivity contribution in [2.24, 2.45) is 0 Å². The van der Waals surface area contributed by atoms with Crippen molar-refractivity contribution in [3.63, 3.8) is 0 Å². The lowest BCUT2D eigenvalue weighted by Crippen LogP contribution is -2.13. The number of anilines is 1. The molecule has 0 atom stereocenters. The largest absolute Gasteiger partial charge is 0.378 e. The van der Waals surface area contributed by atoms with E-state index in [0.29, 0.717) is 11.5 Å². The zero-order valence-electron chi connectivity index (χ0n) is 11.7. The Hall–Kier alpha value is -2.56. The van der Waals surface area contributed by atoms with Crippen molar-refractivity contribution in [1.29, 1.82) is 0 Å². The third-order valence-corrected chi connectivity index (χ3v) is 3.37. The summed E-state index contributed by atoms with van der Waals surface area (Å²) in [6.07, 6.45) is 3.55. The average molecular weight is 268 g/mol. The van der Waals surface area contributed by atoms with E-state index in [4.69, 9.17) is 0 Å². The van der Waals surface area contributed by atoms with E-state index < -0.39 is 0 Å². The van der Waals surface area contributed by atoms with Crippen molar-refractivity contribution in [1.82, 2.24) is 14.5 Å². The molecule has 0 spiro atoms. The summed E-state index contributed by atoms with van der Waals surface area (Å²) in [7, 11) is 4.01. The van der Waals surface area contributed by atoms with Gasteiger partial charge in [0.15, 0.2) is 5.82 Å². The van der Waals surface area contributed by atoms with Crippen LogP contribution in [0.25, 0.3) is 17.1 Å². The van der Waals surface area contributed by atoms with Gasteiger partial charge in [-0.25, -0.2) is 4.98 Å². The molecule has 3 rings (SSSR count). The molecule has 2 heterocycles. The summed E-state index contributed by atoms with van der Waals surface area (Å²) in [5.41, 5.74) is 3.50. The first-order valence-corrected chi connectivity index (χ1v) is 6.41. The zero-order chi connectivity index (χ0) is 14.3. The van der Waals surface area contributed by atoms with Crippen LogP contribution in [0.3, 0.4) is 0 Å². The summed E-state index contributed by atoms with van der Waals surface area (Å²) in [5, 5.41) is 0. The third kappa shape index (κ3) is 1.97. The summed E-state index contributed by atoms with van der Waals surface area (Å²) >= 11 is 0. The average Bonchev–Trinajstić information content (AvgIpc) is 2.74. The summed E-state index contributed by atoms with van der Waals surface area (Å²) in [6, 6.07) is 8.15. The van der Waals surface area contributed by atoms with Gasteiger partial charge < -0.3 is 9.88 Å². The minimum atomic E-state index is -0.0693. The SMILES string of the molecule is Cc1nc2c[nH]c(-c3ccc(N(C)C)cc3)cn-2c1=O. The van der Waals surface area contributed by atoms with Gasteiger partial charge in [-0.15, -0.1) is 0 Å². The molecule has 102 valence electrons. The molecule has 0 fully saturated rings. The Labute approximate surface area is 116 Å². The maximum Gasteiger partial charge on any atom is 0.277 e. The molecule has 0 amide bonds. The molecule has 1 aromatic carbocycles. The second kappa shape index (κ2) is 4.52. The Morgan fingerprint density at radius 2 is 1.90 bits per heavy atom. The fourth-order valence-electron chi connectivity index (χ4n) is 2.18. The molecule has 1 aromatic rings. The number of aryl methyl sites for hydroxylation is 1. The molecule has 0 unspecified atom stereocenters. The first-order chi connectivity index (χ1) is 9.56. The van der Waals surface area contributed by atoms with Crippen LogP contribution >= 0.6 is 0 Å². The van der Waals surface area contributed by atoms with Gasteiger partial charge in [-0.2, -0.15) is 0 Å². The molecule has 1 N–H and O–H groups in total. The molecule has 2 aliphatic heterocycles. The van der Waals surface area contributed by atoms with Gasteiger partial charge in [0.25, 0.3) is 5.56 Å². The predicted octanol–water partition coefficient (Wildman–Crippen LogP) is 2.04. The Morgan fingerprint density at radius 1 is 1.20 bits per heavy atom. The summed E-state index contributed by atoms with van der Waals surface area (Å²) < 4.78 is 1.57. The topological polar surface area (TPSA) is 53.9 Å². The van der Waals surface area contributed by atoms with E-state index >= 15 is 0 Å². The highest BCUT2D eigenvalue weighted by molar-refractivity contribution is 5.62. The molecule has 0 radical (unpaired) electrons. The highest BCUT2D eigenvalue weighted by Gasteiger charge is 2.11. The Kier molecular flexibility index (Phi) is 2.82. The second-order valence-electron chi connectivity index (χ2n) is 5.00. The van der Waals surface area contributed by atoms with E-state index in [9.17, 15) is 4.79 Å². The number of rotatable bonds is 2. The molecule has 5 heteroatoms. The molecule has 20 heavy (non-hydrogen) atoms. The van der Waals surface area contributed by atoms with Crippen LogP contribution in [0.5, 0.6) is 0 Å². The molecule has 5 nitrogen and oxygen atoms in total. The molecule has 0 saturated carbocycles. The highest BCUT2D eigenvalue weighted by Crippen LogP contribution is 2.21. The van der Waals surface area contributed by atoms with Gasteiger partial charge in [-0.3, -0.25) is 9.36 Å². The Morgan fingerprint density at radius 3 is 2.55 bits per heavy atom. The number of aromatic nitrogens is 3. The number of fused-ring (bicyclic) bond motifs is 1. The van der Waals surface area contributed by atoms with Crippen LogP contribution in [0.15, 0.2) is 41.5 Å². The minimum absolute atomic E-state index is 0.0693. The van der Waals surface area contributed by atoms with Crippen LogP contribution in [0.1, 0.15) is 5.69 Å². The normalized spacial score (nSPS) is 10.9. The van der Waals surface area contributed by atoms with Gasteiger partial charge in [0.1, 0.15) is 5.69 Å². The number of H-pyrrole nitrogens is 1. The molecule has 0 bridgehead atoms. The fraction of sp³-hybridized carbons (Fsp3) is 0.200. The number of nitrogens with one attached hydrogen (secondary N) is 1. The molecule has 0 aromatic heterocycles. The van der Waals surface area contributed by atoms with Crippen molar-refractivity contribution in [3.8, 4) is 17.1 Å². The Balaban J connectivity index is 2.08. The monoisotopic (exact) mass is 268 g/mol. The fourth-order valence-corrected chi connectivity index (χ4v) is 2.18. The number of hydrogen-bond donors (Lipinski definition) is 1. The predicted molar refractivity (Wildman–Crippen MR) is 79.9 cm³/mol. The van der Waals surface area contributed by atoms with Gasteiger partial charge in [0, 0.05) is 32.2 Å². The van der Waals surface area contributed by atoms with Gasteiger partial charge in [0.05, 0.1) is 5.69 Å². The zero-order valence-corrected chi connectivity index (χ0v) is 11.7. The van der Waals surface area contributed by atoms with E-state index in [1.54, 1.807) is 23.9 Å². The third-order valence-electron chi connectivity index (χ3n) is 3.37. The molecular weight excluding hydrogens is 252 g/mol. The first-order valence-electron chi connectivity index (χ1n) is 6.41. The number of nitrogens with zero attached hydrogens (tertiary/aromatic N) is 3. The standard InChI is InChI=1S/C15H16N4O/c1-10-15(20)19-9-13(16-8-14(19)17-10)11-4-6-12(7-5-11)18(2)3/h4-9,16H,1-3H3. The van der Waals surface area contributed by atoms with E-state index in [1.807, 2.05) is 43.3 Å². The smallest absolute Gasteiger partial charge is 0.277 e. The molecule has 0 aliphatic carbocycles. The van der Waals surface area contributed by atoms with E-state index in [1.165, 1.54) is 0 Å². The second-order valence-corrected chi connectivity index (χ2v) is 5.00. The van der Waals surface area contributed by atoms with E-state index in [0.717, 1.165) is 16.9 Å². The van der Waals surface area contributed by atoms with Crippen molar-refractivity contribution in [2.45, 2.75) is 6.92 Å². The Bertz CT molecular complexity index is 768. The minimum Gasteiger partial charge on any atom is -0.378 e. The van der Waals surface area contributed by atoms with Crippen molar-refractivity contribution < 1.29 is 0 Å². The number of imidazole rings is 1. The van der Waals surface area contributed by atoms with Crippen molar-refractivity contribution in [2.75, 3.05) is 19.0 Å². The maximum atomic E-state index is 11.9. The molecule has 2 aliphatic rings. The summed E-state index contributed by atoms with van der Waals surface area (Å²) in [4.78, 5) is 21.4. The number of benzene rings is 1. The van der Waals surface area contributed by atoms with Gasteiger partial charge in [-0.05, 0) is 24.6 Å². The van der Waals surface area contributed by atoms with Crippen molar-refractivity contribution in [3.05, 3.63) is 52.7 Å². The number of aromatic amines is 1. The molecule has 0 saturated heterocycles. The van der Waals surface area contributed by atoms with Crippen LogP contribution in [0.2, 0.25) is 0 Å². The van der Waals surface area contributed by atoms with Gasteiger partial charge in [-0.1, -0.05) is 12.1 Å². The lowest BCUT2D eigenvalue weighted by atomic mass is 10.1. The van der Waals surface area contributed by atoms with Crippen LogP contribution < -0.4 is 10.5 Å². The van der Waals surface area contributed by atoms with Gasteiger partial charge >= 0.3 is 0 Å². The van der Waals surface area contributed by atoms with Gasteiger partial charge in [0.2, 0.25) is 0 Å². The van der Waals surface area contributed by atoms with Crippen LogP contribution in [0, 0.1) is 6.92 Å². The first kappa shape index (κ1) is 12.5. The summed E-state index contributed by atoms with van der Waals surface area (Å²) in [6.45, 7) is 1.72. The van der Waals surface area contributed by atoms with E-state index in [-0.39, 0.29) is 5.56 Å². The lowest BCUT2D eigenvalue weighted by Gasteiger charge is -2.13. The maximum absolute atomic E-state index is 11.9. The van der Waals surface area contributed by atoms with Crippen LogP contribution in [-0.4, -0.2) is 28.6 Å². The quantitative estimate of drug-likeness (QED) is 0.774. The van der Waals surface area contributed by atoms with Crippen molar-refractivity contribution >= 4 is 5.69 Å². The van der Waals surface area contributed by atoms with Crippen LogP contribution in [-0.2, 0) is 0 Å². The molecular formula is C15H16N4O. The highest BCUT2D eigenvalue weighted by atomic mass is 16.1. The number of hydrogen-bond acceptors (Lipinski definition) is 3. The lowest BCUT2D eigenvalue weighted by molar-refractivity contribution is 0.973. The van der Waals surface area contributed by atoms with E-state index in [2.05, 4.69) is 9.97 Å². The summed E-state index contributed by atoms with van der Waals surface area (Å²) in [5.74, 6) is 0.640.